The van der Waals surface area contributed by atoms with E-state index in [1.54, 1.807) is 6.08 Å². The van der Waals surface area contributed by atoms with Gasteiger partial charge in [-0.25, -0.2) is 0 Å². The minimum atomic E-state index is -0.449. The van der Waals surface area contributed by atoms with Crippen LogP contribution in [0.4, 0.5) is 0 Å². The summed E-state index contributed by atoms with van der Waals surface area (Å²) in [5, 5.41) is 14.5. The lowest BCUT2D eigenvalue weighted by molar-refractivity contribution is -0.111. The van der Waals surface area contributed by atoms with Crippen molar-refractivity contribution in [3.8, 4) is 5.69 Å². The molecule has 0 radical (unpaired) electrons. The molecule has 192 valence electrons. The topological polar surface area (TPSA) is 42.2 Å². The average Bonchev–Trinajstić information content (AvgIpc) is 3.30. The normalized spacial score (nSPS) is 14.9. The van der Waals surface area contributed by atoms with Crippen LogP contribution in [0, 0.1) is 13.8 Å². The van der Waals surface area contributed by atoms with Crippen molar-refractivity contribution in [1.82, 2.24) is 4.57 Å². The number of hydrogen-bond donors (Lipinski definition) is 1. The van der Waals surface area contributed by atoms with Crippen molar-refractivity contribution in [2.45, 2.75) is 33.1 Å². The SMILES string of the molecule is C=C(/C=C1/C(=O)C(c2cn(-c3ccc(C)cc3)c3ccccc23)=C1O)C(C)(C)c1c(C)ccc2ccccc12. The number of carbonyl (C=O) groups is 1. The molecule has 1 aromatic heterocycles. The maximum absolute atomic E-state index is 13.5. The predicted molar refractivity (Wildman–Crippen MR) is 162 cm³/mol. The summed E-state index contributed by atoms with van der Waals surface area (Å²) in [7, 11) is 0. The van der Waals surface area contributed by atoms with Crippen molar-refractivity contribution in [1.29, 1.82) is 0 Å². The maximum Gasteiger partial charge on any atom is 0.201 e. The molecule has 39 heavy (non-hydrogen) atoms. The van der Waals surface area contributed by atoms with Crippen molar-refractivity contribution in [3.05, 3.63) is 143 Å². The summed E-state index contributed by atoms with van der Waals surface area (Å²) in [6.45, 7) is 12.8. The molecule has 5 aromatic rings. The molecule has 0 amide bonds. The zero-order valence-electron chi connectivity index (χ0n) is 22.7. The van der Waals surface area contributed by atoms with Gasteiger partial charge in [-0.2, -0.15) is 0 Å². The Morgan fingerprint density at radius 2 is 1.54 bits per heavy atom. The molecule has 1 aliphatic rings. The molecule has 0 atom stereocenters. The summed E-state index contributed by atoms with van der Waals surface area (Å²) in [5.41, 5.74) is 7.26. The number of Topliss-reactive ketones (excluding diaryl/α,β-unsaturated/α-hetero) is 1. The van der Waals surface area contributed by atoms with Gasteiger partial charge in [0.15, 0.2) is 0 Å². The Morgan fingerprint density at radius 1 is 0.872 bits per heavy atom. The van der Waals surface area contributed by atoms with Gasteiger partial charge in [-0.1, -0.05) is 92.7 Å². The molecule has 0 unspecified atom stereocenters. The third kappa shape index (κ3) is 3.85. The lowest BCUT2D eigenvalue weighted by atomic mass is 9.72. The van der Waals surface area contributed by atoms with Crippen LogP contribution in [0.25, 0.3) is 32.9 Å². The second-order valence-corrected chi connectivity index (χ2v) is 11.0. The zero-order chi connectivity index (χ0) is 27.5. The molecule has 4 aromatic carbocycles. The Labute approximate surface area is 229 Å². The molecule has 6 rings (SSSR count). The second-order valence-electron chi connectivity index (χ2n) is 11.0. The van der Waals surface area contributed by atoms with Crippen LogP contribution >= 0.6 is 0 Å². The van der Waals surface area contributed by atoms with Crippen molar-refractivity contribution < 1.29 is 9.90 Å². The number of aliphatic hydroxyl groups excluding tert-OH is 1. The summed E-state index contributed by atoms with van der Waals surface area (Å²) in [5.74, 6) is -0.135. The number of para-hydroxylation sites is 1. The maximum atomic E-state index is 13.5. The smallest absolute Gasteiger partial charge is 0.201 e. The molecule has 1 N–H and O–H groups in total. The Hall–Kier alpha value is -4.63. The average molecular weight is 510 g/mol. The van der Waals surface area contributed by atoms with E-state index in [-0.39, 0.29) is 11.5 Å². The van der Waals surface area contributed by atoms with Crippen molar-refractivity contribution in [2.75, 3.05) is 0 Å². The molecule has 1 heterocycles. The highest BCUT2D eigenvalue weighted by Crippen LogP contribution is 2.44. The minimum absolute atomic E-state index is 0.0263. The van der Waals surface area contributed by atoms with E-state index in [1.165, 1.54) is 27.5 Å². The molecule has 1 aliphatic carbocycles. The molecule has 0 aliphatic heterocycles. The van der Waals surface area contributed by atoms with Crippen LogP contribution in [0.15, 0.2) is 121 Å². The molecule has 0 saturated heterocycles. The lowest BCUT2D eigenvalue weighted by Crippen LogP contribution is -2.25. The van der Waals surface area contributed by atoms with Crippen LogP contribution in [0.1, 0.15) is 36.1 Å². The number of aromatic nitrogens is 1. The van der Waals surface area contributed by atoms with Gasteiger partial charge in [0.25, 0.3) is 0 Å². The van der Waals surface area contributed by atoms with E-state index in [0.717, 1.165) is 27.7 Å². The number of ketones is 1. The van der Waals surface area contributed by atoms with E-state index in [2.05, 4.69) is 87.4 Å². The fourth-order valence-corrected chi connectivity index (χ4v) is 5.83. The first-order valence-corrected chi connectivity index (χ1v) is 13.2. The number of nitrogens with zero attached hydrogens (tertiary/aromatic N) is 1. The number of aryl methyl sites for hydroxylation is 2. The number of allylic oxidation sites excluding steroid dienone is 4. The Bertz CT molecular complexity index is 1880. The van der Waals surface area contributed by atoms with Gasteiger partial charge in [0, 0.05) is 28.2 Å². The quantitative estimate of drug-likeness (QED) is 0.241. The number of fused-ring (bicyclic) bond motifs is 2. The largest absolute Gasteiger partial charge is 0.506 e. The standard InChI is InChI=1S/C36H31NO2/c1-22-14-18-26(19-15-22)37-21-30(28-12-8-9-13-31(28)37)32-34(38)29(35(32)39)20-24(3)36(4,5)33-23(2)16-17-25-10-6-7-11-27(25)33/h6-21,38H,3H2,1-2,4-5H3/b29-20+. The summed E-state index contributed by atoms with van der Waals surface area (Å²) in [6.07, 6.45) is 3.72. The van der Waals surface area contributed by atoms with Gasteiger partial charge in [0.2, 0.25) is 5.78 Å². The van der Waals surface area contributed by atoms with E-state index in [9.17, 15) is 9.90 Å². The van der Waals surface area contributed by atoms with Crippen LogP contribution in [-0.4, -0.2) is 15.5 Å². The Morgan fingerprint density at radius 3 is 2.26 bits per heavy atom. The Kier molecular flexibility index (Phi) is 5.69. The van der Waals surface area contributed by atoms with Gasteiger partial charge in [0.05, 0.1) is 16.7 Å². The third-order valence-electron chi connectivity index (χ3n) is 8.14. The van der Waals surface area contributed by atoms with Crippen LogP contribution in [-0.2, 0) is 10.2 Å². The zero-order valence-corrected chi connectivity index (χ0v) is 22.7. The lowest BCUT2D eigenvalue weighted by Gasteiger charge is -2.31. The van der Waals surface area contributed by atoms with Gasteiger partial charge in [-0.05, 0) is 65.6 Å². The molecule has 0 fully saturated rings. The Balaban J connectivity index is 1.42. The van der Waals surface area contributed by atoms with Crippen molar-refractivity contribution in [2.24, 2.45) is 0 Å². The van der Waals surface area contributed by atoms with Gasteiger partial charge < -0.3 is 9.67 Å². The van der Waals surface area contributed by atoms with Crippen LogP contribution in [0.2, 0.25) is 0 Å². The fraction of sp³-hybridized carbons (Fsp3) is 0.139. The third-order valence-corrected chi connectivity index (χ3v) is 8.14. The second kappa shape index (κ2) is 8.99. The molecule has 3 nitrogen and oxygen atoms in total. The predicted octanol–water partition coefficient (Wildman–Crippen LogP) is 8.71. The minimum Gasteiger partial charge on any atom is -0.506 e. The molecular formula is C36H31NO2. The first-order chi connectivity index (χ1) is 18.7. The van der Waals surface area contributed by atoms with Crippen molar-refractivity contribution >= 4 is 33.0 Å². The van der Waals surface area contributed by atoms with E-state index in [0.29, 0.717) is 11.1 Å². The number of benzene rings is 4. The van der Waals surface area contributed by atoms with E-state index in [1.807, 2.05) is 42.6 Å². The highest BCUT2D eigenvalue weighted by atomic mass is 16.3. The van der Waals surface area contributed by atoms with Gasteiger partial charge in [0.1, 0.15) is 5.76 Å². The number of carbonyl (C=O) groups excluding carboxylic acids is 1. The highest BCUT2D eigenvalue weighted by molar-refractivity contribution is 6.40. The van der Waals surface area contributed by atoms with Gasteiger partial charge in [-0.3, -0.25) is 4.79 Å². The first kappa shape index (κ1) is 24.7. The number of aliphatic hydroxyl groups is 1. The monoisotopic (exact) mass is 509 g/mol. The van der Waals surface area contributed by atoms with E-state index < -0.39 is 5.41 Å². The summed E-state index contributed by atoms with van der Waals surface area (Å²) in [4.78, 5) is 13.5. The van der Waals surface area contributed by atoms with Crippen LogP contribution < -0.4 is 0 Å². The molecule has 3 heteroatoms. The van der Waals surface area contributed by atoms with Gasteiger partial charge in [-0.15, -0.1) is 0 Å². The number of rotatable bonds is 5. The molecule has 0 saturated carbocycles. The molecule has 0 bridgehead atoms. The fourth-order valence-electron chi connectivity index (χ4n) is 5.83. The van der Waals surface area contributed by atoms with Gasteiger partial charge >= 0.3 is 0 Å². The van der Waals surface area contributed by atoms with Crippen molar-refractivity contribution in [3.63, 3.8) is 0 Å². The first-order valence-electron chi connectivity index (χ1n) is 13.2. The molecule has 0 spiro atoms. The van der Waals surface area contributed by atoms with E-state index >= 15 is 0 Å². The summed E-state index contributed by atoms with van der Waals surface area (Å²) in [6, 6.07) is 28.8. The van der Waals surface area contributed by atoms with Crippen LogP contribution in [0.5, 0.6) is 0 Å². The molecular weight excluding hydrogens is 478 g/mol. The van der Waals surface area contributed by atoms with E-state index in [4.69, 9.17) is 0 Å². The summed E-state index contributed by atoms with van der Waals surface area (Å²) >= 11 is 0. The van der Waals surface area contributed by atoms with Crippen LogP contribution in [0.3, 0.4) is 0 Å². The number of hydrogen-bond acceptors (Lipinski definition) is 2. The summed E-state index contributed by atoms with van der Waals surface area (Å²) < 4.78 is 2.07. The highest BCUT2D eigenvalue weighted by Gasteiger charge is 2.38.